The zero-order chi connectivity index (χ0) is 14.0. The molecule has 3 nitrogen and oxygen atoms in total. The minimum Gasteiger partial charge on any atom is -0.378 e. The van der Waals surface area contributed by atoms with Gasteiger partial charge in [-0.3, -0.25) is 4.68 Å². The van der Waals surface area contributed by atoms with E-state index in [-0.39, 0.29) is 0 Å². The van der Waals surface area contributed by atoms with E-state index in [2.05, 4.69) is 40.2 Å². The molecule has 0 aliphatic rings. The number of anilines is 1. The molecule has 0 aliphatic carbocycles. The Balaban J connectivity index is 2.19. The Hall–Kier alpha value is -1.000. The average Bonchev–Trinajstić information content (AvgIpc) is 2.66. The number of aromatic nitrogens is 2. The van der Waals surface area contributed by atoms with Gasteiger partial charge in [0, 0.05) is 7.05 Å². The van der Waals surface area contributed by atoms with Crippen molar-refractivity contribution in [1.82, 2.24) is 9.78 Å². The molecule has 19 heavy (non-hydrogen) atoms. The summed E-state index contributed by atoms with van der Waals surface area (Å²) >= 11 is 9.79. The predicted octanol–water partition coefficient (Wildman–Crippen LogP) is 4.32. The number of rotatable bonds is 4. The quantitative estimate of drug-likeness (QED) is 0.897. The van der Waals surface area contributed by atoms with Crippen molar-refractivity contribution in [3.63, 3.8) is 0 Å². The van der Waals surface area contributed by atoms with Crippen LogP contribution in [-0.4, -0.2) is 9.78 Å². The van der Waals surface area contributed by atoms with Crippen LogP contribution in [0.5, 0.6) is 0 Å². The van der Waals surface area contributed by atoms with Gasteiger partial charge in [-0.15, -0.1) is 0 Å². The van der Waals surface area contributed by atoms with Gasteiger partial charge in [0.2, 0.25) is 0 Å². The number of aryl methyl sites for hydroxylation is 3. The van der Waals surface area contributed by atoms with Crippen molar-refractivity contribution in [3.8, 4) is 0 Å². The second-order valence-electron chi connectivity index (χ2n) is 4.52. The lowest BCUT2D eigenvalue weighted by Crippen LogP contribution is -2.06. The van der Waals surface area contributed by atoms with E-state index in [4.69, 9.17) is 11.6 Å². The zero-order valence-electron chi connectivity index (χ0n) is 11.3. The topological polar surface area (TPSA) is 29.9 Å². The van der Waals surface area contributed by atoms with E-state index in [1.807, 2.05) is 29.9 Å². The molecule has 1 aromatic heterocycles. The Kier molecular flexibility index (Phi) is 4.53. The highest BCUT2D eigenvalue weighted by atomic mass is 79.9. The molecule has 0 fully saturated rings. The second kappa shape index (κ2) is 5.97. The van der Waals surface area contributed by atoms with Crippen molar-refractivity contribution in [2.24, 2.45) is 7.05 Å². The van der Waals surface area contributed by atoms with Crippen molar-refractivity contribution in [1.29, 1.82) is 0 Å². The van der Waals surface area contributed by atoms with Crippen molar-refractivity contribution in [2.45, 2.75) is 26.8 Å². The van der Waals surface area contributed by atoms with Gasteiger partial charge in [0.05, 0.1) is 33.1 Å². The number of hydrogen-bond donors (Lipinski definition) is 1. The lowest BCUT2D eigenvalue weighted by molar-refractivity contribution is 0.706. The molecule has 5 heteroatoms. The SMILES string of the molecule is CCc1nn(C)c(CNc2cc(C)ccc2Cl)c1Br. The van der Waals surface area contributed by atoms with Crippen LogP contribution in [-0.2, 0) is 20.0 Å². The molecule has 1 heterocycles. The van der Waals surface area contributed by atoms with Crippen molar-refractivity contribution in [3.05, 3.63) is 44.6 Å². The normalized spacial score (nSPS) is 10.8. The average molecular weight is 343 g/mol. The molecule has 0 atom stereocenters. The van der Waals surface area contributed by atoms with E-state index in [1.54, 1.807) is 0 Å². The molecule has 2 aromatic rings. The highest BCUT2D eigenvalue weighted by Gasteiger charge is 2.12. The molecule has 1 aromatic carbocycles. The molecule has 0 amide bonds. The molecule has 1 N–H and O–H groups in total. The van der Waals surface area contributed by atoms with Gasteiger partial charge in [-0.25, -0.2) is 0 Å². The standard InChI is InChI=1S/C14H17BrClN3/c1-4-11-14(15)13(19(3)18-11)8-17-12-7-9(2)5-6-10(12)16/h5-7,17H,4,8H2,1-3H3. The van der Waals surface area contributed by atoms with Crippen LogP contribution in [0.2, 0.25) is 5.02 Å². The third-order valence-corrected chi connectivity index (χ3v) is 4.32. The molecule has 0 saturated heterocycles. The van der Waals surface area contributed by atoms with E-state index in [1.165, 1.54) is 5.56 Å². The van der Waals surface area contributed by atoms with E-state index in [0.29, 0.717) is 6.54 Å². The van der Waals surface area contributed by atoms with Crippen LogP contribution in [0.3, 0.4) is 0 Å². The highest BCUT2D eigenvalue weighted by molar-refractivity contribution is 9.10. The summed E-state index contributed by atoms with van der Waals surface area (Å²) in [6.07, 6.45) is 0.916. The van der Waals surface area contributed by atoms with Crippen molar-refractivity contribution >= 4 is 33.2 Å². The minimum absolute atomic E-state index is 0.688. The van der Waals surface area contributed by atoms with Gasteiger partial charge in [-0.1, -0.05) is 24.6 Å². The fourth-order valence-electron chi connectivity index (χ4n) is 1.97. The number of nitrogens with one attached hydrogen (secondary N) is 1. The molecule has 0 spiro atoms. The summed E-state index contributed by atoms with van der Waals surface area (Å²) in [4.78, 5) is 0. The minimum atomic E-state index is 0.688. The van der Waals surface area contributed by atoms with Gasteiger partial charge in [0.25, 0.3) is 0 Å². The number of benzene rings is 1. The fourth-order valence-corrected chi connectivity index (χ4v) is 2.91. The summed E-state index contributed by atoms with van der Waals surface area (Å²) in [6.45, 7) is 4.84. The molecule has 0 bridgehead atoms. The van der Waals surface area contributed by atoms with E-state index in [9.17, 15) is 0 Å². The first kappa shape index (κ1) is 14.4. The van der Waals surface area contributed by atoms with Gasteiger partial charge in [0.15, 0.2) is 0 Å². The fraction of sp³-hybridized carbons (Fsp3) is 0.357. The predicted molar refractivity (Wildman–Crippen MR) is 83.8 cm³/mol. The van der Waals surface area contributed by atoms with Gasteiger partial charge >= 0.3 is 0 Å². The Bertz CT molecular complexity index is 593. The maximum absolute atomic E-state index is 6.18. The number of hydrogen-bond acceptors (Lipinski definition) is 2. The first-order valence-electron chi connectivity index (χ1n) is 6.23. The van der Waals surface area contributed by atoms with Crippen LogP contribution in [0.15, 0.2) is 22.7 Å². The van der Waals surface area contributed by atoms with Crippen LogP contribution < -0.4 is 5.32 Å². The highest BCUT2D eigenvalue weighted by Crippen LogP contribution is 2.26. The zero-order valence-corrected chi connectivity index (χ0v) is 13.6. The summed E-state index contributed by atoms with van der Waals surface area (Å²) in [5, 5.41) is 8.58. The lowest BCUT2D eigenvalue weighted by atomic mass is 10.2. The van der Waals surface area contributed by atoms with E-state index < -0.39 is 0 Å². The van der Waals surface area contributed by atoms with Crippen molar-refractivity contribution < 1.29 is 0 Å². The van der Waals surface area contributed by atoms with Crippen molar-refractivity contribution in [2.75, 3.05) is 5.32 Å². The van der Waals surface area contributed by atoms with Gasteiger partial charge in [0.1, 0.15) is 0 Å². The Morgan fingerprint density at radius 1 is 1.42 bits per heavy atom. The maximum atomic E-state index is 6.18. The van der Waals surface area contributed by atoms with Gasteiger partial charge in [-0.2, -0.15) is 5.10 Å². The molecular formula is C14H17BrClN3. The van der Waals surface area contributed by atoms with Crippen LogP contribution in [0.1, 0.15) is 23.9 Å². The second-order valence-corrected chi connectivity index (χ2v) is 5.72. The first-order valence-corrected chi connectivity index (χ1v) is 7.40. The lowest BCUT2D eigenvalue weighted by Gasteiger charge is -2.10. The molecule has 0 radical (unpaired) electrons. The Morgan fingerprint density at radius 2 is 2.16 bits per heavy atom. The third-order valence-electron chi connectivity index (χ3n) is 3.07. The molecular weight excluding hydrogens is 326 g/mol. The van der Waals surface area contributed by atoms with E-state index in [0.717, 1.165) is 33.0 Å². The smallest absolute Gasteiger partial charge is 0.0767 e. The van der Waals surface area contributed by atoms with Crippen LogP contribution in [0.4, 0.5) is 5.69 Å². The van der Waals surface area contributed by atoms with Crippen LogP contribution >= 0.6 is 27.5 Å². The third kappa shape index (κ3) is 3.12. The Morgan fingerprint density at radius 3 is 2.79 bits per heavy atom. The largest absolute Gasteiger partial charge is 0.378 e. The molecule has 2 rings (SSSR count). The number of nitrogens with zero attached hydrogens (tertiary/aromatic N) is 2. The molecule has 0 aliphatic heterocycles. The first-order chi connectivity index (χ1) is 9.02. The summed E-state index contributed by atoms with van der Waals surface area (Å²) < 4.78 is 2.98. The van der Waals surface area contributed by atoms with Crippen LogP contribution in [0.25, 0.3) is 0 Å². The van der Waals surface area contributed by atoms with Gasteiger partial charge < -0.3 is 5.32 Å². The summed E-state index contributed by atoms with van der Waals surface area (Å²) in [6, 6.07) is 5.96. The summed E-state index contributed by atoms with van der Waals surface area (Å²) in [7, 11) is 1.96. The van der Waals surface area contributed by atoms with Gasteiger partial charge in [-0.05, 0) is 47.0 Å². The van der Waals surface area contributed by atoms with Crippen LogP contribution in [0, 0.1) is 6.92 Å². The summed E-state index contributed by atoms with van der Waals surface area (Å²) in [5.74, 6) is 0. The number of halogens is 2. The summed E-state index contributed by atoms with van der Waals surface area (Å²) in [5.41, 5.74) is 4.34. The molecule has 0 saturated carbocycles. The molecule has 102 valence electrons. The maximum Gasteiger partial charge on any atom is 0.0767 e. The monoisotopic (exact) mass is 341 g/mol. The Labute approximate surface area is 127 Å². The molecule has 0 unspecified atom stereocenters. The van der Waals surface area contributed by atoms with E-state index >= 15 is 0 Å².